The summed E-state index contributed by atoms with van der Waals surface area (Å²) in [6.07, 6.45) is 69.3. The van der Waals surface area contributed by atoms with Crippen LogP contribution in [0, 0.1) is 5.92 Å². The largest absolute Gasteiger partial charge is 0.472 e. The zero-order chi connectivity index (χ0) is 75.5. The van der Waals surface area contributed by atoms with Crippen LogP contribution in [0.3, 0.4) is 0 Å². The van der Waals surface area contributed by atoms with Gasteiger partial charge in [0, 0.05) is 25.7 Å². The van der Waals surface area contributed by atoms with Crippen LogP contribution < -0.4 is 0 Å². The van der Waals surface area contributed by atoms with Crippen LogP contribution >= 0.6 is 15.6 Å². The van der Waals surface area contributed by atoms with Crippen LogP contribution in [-0.2, 0) is 65.4 Å². The fourth-order valence-corrected chi connectivity index (χ4v) is 14.7. The first kappa shape index (κ1) is 101. The van der Waals surface area contributed by atoms with Crippen molar-refractivity contribution in [2.75, 3.05) is 39.6 Å². The van der Waals surface area contributed by atoms with Crippen molar-refractivity contribution in [1.29, 1.82) is 0 Å². The van der Waals surface area contributed by atoms with Crippen molar-refractivity contribution >= 4 is 39.5 Å². The summed E-state index contributed by atoms with van der Waals surface area (Å²) in [5, 5.41) is 10.7. The summed E-state index contributed by atoms with van der Waals surface area (Å²) >= 11 is 0. The maximum Gasteiger partial charge on any atom is 0.472 e. The predicted octanol–water partition coefficient (Wildman–Crippen LogP) is 25.6. The summed E-state index contributed by atoms with van der Waals surface area (Å²) in [5.74, 6) is -1.34. The van der Waals surface area contributed by atoms with Crippen LogP contribution in [0.1, 0.15) is 452 Å². The van der Waals surface area contributed by atoms with Crippen molar-refractivity contribution in [1.82, 2.24) is 0 Å². The second-order valence-electron chi connectivity index (χ2n) is 30.7. The highest BCUT2D eigenvalue weighted by Gasteiger charge is 2.30. The van der Waals surface area contributed by atoms with Gasteiger partial charge in [-0.2, -0.15) is 0 Å². The third-order valence-electron chi connectivity index (χ3n) is 19.8. The average molecular weight is 1510 g/mol. The highest BCUT2D eigenvalue weighted by atomic mass is 31.2. The van der Waals surface area contributed by atoms with Crippen molar-refractivity contribution in [3.05, 3.63) is 0 Å². The molecule has 103 heavy (non-hydrogen) atoms. The Hall–Kier alpha value is -1.94. The minimum absolute atomic E-state index is 0.107. The summed E-state index contributed by atoms with van der Waals surface area (Å²) in [6, 6.07) is 0. The van der Waals surface area contributed by atoms with Gasteiger partial charge in [0.15, 0.2) is 12.2 Å². The molecule has 0 saturated carbocycles. The fourth-order valence-electron chi connectivity index (χ4n) is 13.1. The molecule has 0 aromatic heterocycles. The average Bonchev–Trinajstić information content (AvgIpc) is 0.914. The topological polar surface area (TPSA) is 237 Å². The van der Waals surface area contributed by atoms with E-state index in [9.17, 15) is 43.2 Å². The molecule has 0 spiro atoms. The number of hydrogen-bond donors (Lipinski definition) is 3. The van der Waals surface area contributed by atoms with Crippen LogP contribution in [-0.4, -0.2) is 96.7 Å². The van der Waals surface area contributed by atoms with Crippen LogP contribution in [0.4, 0.5) is 0 Å². The predicted molar refractivity (Wildman–Crippen MR) is 423 cm³/mol. The molecule has 0 aromatic rings. The van der Waals surface area contributed by atoms with Crippen LogP contribution in [0.15, 0.2) is 0 Å². The van der Waals surface area contributed by atoms with Gasteiger partial charge in [-0.05, 0) is 31.6 Å². The summed E-state index contributed by atoms with van der Waals surface area (Å²) in [6.45, 7) is 7.36. The monoisotopic (exact) mass is 1510 g/mol. The van der Waals surface area contributed by atoms with Crippen LogP contribution in [0.25, 0.3) is 0 Å². The van der Waals surface area contributed by atoms with Gasteiger partial charge in [-0.25, -0.2) is 9.13 Å². The smallest absolute Gasteiger partial charge is 0.462 e. The lowest BCUT2D eigenvalue weighted by molar-refractivity contribution is -0.161. The molecule has 0 radical (unpaired) electrons. The van der Waals surface area contributed by atoms with E-state index in [1.165, 1.54) is 276 Å². The molecule has 0 aliphatic rings. The minimum Gasteiger partial charge on any atom is -0.462 e. The van der Waals surface area contributed by atoms with Gasteiger partial charge < -0.3 is 33.8 Å². The summed E-state index contributed by atoms with van der Waals surface area (Å²) < 4.78 is 68.9. The van der Waals surface area contributed by atoms with E-state index in [0.717, 1.165) is 95.8 Å². The summed E-state index contributed by atoms with van der Waals surface area (Å²) in [4.78, 5) is 73.2. The fraction of sp³-hybridized carbons (Fsp3) is 0.952. The number of esters is 4. The van der Waals surface area contributed by atoms with E-state index in [2.05, 4.69) is 34.6 Å². The van der Waals surface area contributed by atoms with Crippen molar-refractivity contribution in [2.45, 2.75) is 470 Å². The zero-order valence-electron chi connectivity index (χ0n) is 67.5. The molecule has 612 valence electrons. The third kappa shape index (κ3) is 78.0. The molecule has 0 amide bonds. The molecule has 0 heterocycles. The van der Waals surface area contributed by atoms with E-state index < -0.39 is 97.5 Å². The number of unbranched alkanes of at least 4 members (excludes halogenated alkanes) is 56. The number of hydrogen-bond acceptors (Lipinski definition) is 15. The summed E-state index contributed by atoms with van der Waals surface area (Å²) in [5.41, 5.74) is 0. The molecule has 5 atom stereocenters. The molecule has 2 unspecified atom stereocenters. The van der Waals surface area contributed by atoms with E-state index in [0.29, 0.717) is 25.7 Å². The number of carbonyl (C=O) groups is 4. The van der Waals surface area contributed by atoms with E-state index >= 15 is 0 Å². The Labute approximate surface area is 632 Å². The molecule has 0 aliphatic heterocycles. The van der Waals surface area contributed by atoms with Crippen molar-refractivity contribution < 1.29 is 80.2 Å². The number of carbonyl (C=O) groups excluding carboxylic acids is 4. The van der Waals surface area contributed by atoms with Gasteiger partial charge in [-0.3, -0.25) is 37.3 Å². The minimum atomic E-state index is -4.96. The lowest BCUT2D eigenvalue weighted by Gasteiger charge is -2.21. The molecule has 0 saturated heterocycles. The maximum absolute atomic E-state index is 13.1. The van der Waals surface area contributed by atoms with Gasteiger partial charge in [0.05, 0.1) is 26.4 Å². The highest BCUT2D eigenvalue weighted by molar-refractivity contribution is 7.47. The van der Waals surface area contributed by atoms with Gasteiger partial charge in [0.1, 0.15) is 19.3 Å². The molecule has 0 rings (SSSR count). The Morgan fingerprint density at radius 2 is 0.447 bits per heavy atom. The number of aliphatic hydroxyl groups is 1. The lowest BCUT2D eigenvalue weighted by Crippen LogP contribution is -2.30. The SMILES string of the molecule is CCCCCCCCCCCCCCCCCCCCCCC(=O)O[C@H](COC(=O)CCCCCCCCCCCCCCCCCC)COP(=O)(O)OC[C@@H](O)COP(=O)(O)OC[C@@H](COC(=O)CCCCCCCCCCCCCCC)OC(=O)CCCCCCCCCCCCCC(C)C. The quantitative estimate of drug-likeness (QED) is 0.0222. The number of phosphoric acid groups is 2. The maximum atomic E-state index is 13.1. The Morgan fingerprint density at radius 3 is 0.660 bits per heavy atom. The van der Waals surface area contributed by atoms with Gasteiger partial charge in [0.25, 0.3) is 0 Å². The molecular formula is C84H164O17P2. The van der Waals surface area contributed by atoms with Crippen LogP contribution in [0.5, 0.6) is 0 Å². The molecule has 0 fully saturated rings. The lowest BCUT2D eigenvalue weighted by atomic mass is 10.0. The molecule has 0 bridgehead atoms. The Balaban J connectivity index is 5.25. The normalized spacial score (nSPS) is 13.8. The standard InChI is InChI=1S/C84H164O17P2/c1-6-9-12-15-18-21-24-27-29-31-32-33-34-36-39-44-49-54-59-64-69-83(88)100-79(73-95-82(87)68-63-58-53-48-43-38-35-30-28-25-22-19-16-13-10-7-2)75-98-102(90,91)96-71-78(85)72-97-103(92,93)99-76-80(74-94-81(86)67-62-57-52-47-42-37-26-23-20-17-14-11-8-3)101-84(89)70-65-60-55-50-45-40-41-46-51-56-61-66-77(4)5/h77-80,85H,6-76H2,1-5H3,(H,90,91)(H,92,93)/t78-,79-,80-/m1/s1. The first-order valence-electron chi connectivity index (χ1n) is 43.6. The Morgan fingerprint density at radius 1 is 0.262 bits per heavy atom. The molecule has 17 nitrogen and oxygen atoms in total. The number of phosphoric ester groups is 2. The molecule has 0 aromatic carbocycles. The Kier molecular flexibility index (Phi) is 75.4. The second kappa shape index (κ2) is 76.8. The van der Waals surface area contributed by atoms with Crippen molar-refractivity contribution in [3.8, 4) is 0 Å². The van der Waals surface area contributed by atoms with Gasteiger partial charge >= 0.3 is 39.5 Å². The third-order valence-corrected chi connectivity index (χ3v) is 21.7. The number of rotatable bonds is 84. The van der Waals surface area contributed by atoms with E-state index in [1.807, 2.05) is 0 Å². The van der Waals surface area contributed by atoms with Gasteiger partial charge in [-0.15, -0.1) is 0 Å². The number of aliphatic hydroxyl groups excluding tert-OH is 1. The molecule has 19 heteroatoms. The van der Waals surface area contributed by atoms with Gasteiger partial charge in [-0.1, -0.05) is 401 Å². The van der Waals surface area contributed by atoms with E-state index in [4.69, 9.17) is 37.0 Å². The summed E-state index contributed by atoms with van der Waals surface area (Å²) in [7, 11) is -9.92. The first-order valence-corrected chi connectivity index (χ1v) is 46.6. The van der Waals surface area contributed by atoms with Crippen molar-refractivity contribution in [3.63, 3.8) is 0 Å². The van der Waals surface area contributed by atoms with Crippen molar-refractivity contribution in [2.24, 2.45) is 5.92 Å². The first-order chi connectivity index (χ1) is 50.0. The van der Waals surface area contributed by atoms with E-state index in [1.54, 1.807) is 0 Å². The van der Waals surface area contributed by atoms with E-state index in [-0.39, 0.29) is 25.7 Å². The molecule has 3 N–H and O–H groups in total. The molecule has 0 aliphatic carbocycles. The van der Waals surface area contributed by atoms with Crippen LogP contribution in [0.2, 0.25) is 0 Å². The molecular weight excluding hydrogens is 1340 g/mol. The highest BCUT2D eigenvalue weighted by Crippen LogP contribution is 2.45. The Bertz CT molecular complexity index is 1960. The second-order valence-corrected chi connectivity index (χ2v) is 33.6. The van der Waals surface area contributed by atoms with Gasteiger partial charge in [0.2, 0.25) is 0 Å². The zero-order valence-corrected chi connectivity index (χ0v) is 69.3. The number of ether oxygens (including phenoxy) is 4.